The maximum Gasteiger partial charge on any atom is 0.0534 e. The van der Waals surface area contributed by atoms with Gasteiger partial charge >= 0.3 is 0 Å². The largest absolute Gasteiger partial charge is 0.301 e. The fourth-order valence-electron chi connectivity index (χ4n) is 5.98. The van der Waals surface area contributed by atoms with Gasteiger partial charge in [0.2, 0.25) is 0 Å². The van der Waals surface area contributed by atoms with Crippen LogP contribution in [-0.4, -0.2) is 28.3 Å². The van der Waals surface area contributed by atoms with Gasteiger partial charge in [-0.1, -0.05) is 0 Å². The summed E-state index contributed by atoms with van der Waals surface area (Å²) in [6.45, 7) is 2.35. The third-order valence-electron chi connectivity index (χ3n) is 5.98. The molecule has 4 saturated carbocycles. The van der Waals surface area contributed by atoms with Gasteiger partial charge in [0.05, 0.1) is 6.20 Å². The van der Waals surface area contributed by atoms with Crippen LogP contribution in [0, 0.1) is 23.2 Å². The minimum Gasteiger partial charge on any atom is -0.301 e. The zero-order chi connectivity index (χ0) is 13.7. The highest BCUT2D eigenvalue weighted by Crippen LogP contribution is 2.60. The van der Waals surface area contributed by atoms with Crippen molar-refractivity contribution in [3.63, 3.8) is 0 Å². The quantitative estimate of drug-likeness (QED) is 0.840. The molecule has 0 aromatic carbocycles. The third kappa shape index (κ3) is 2.30. The van der Waals surface area contributed by atoms with Gasteiger partial charge in [0, 0.05) is 31.9 Å². The van der Waals surface area contributed by atoms with Crippen molar-refractivity contribution in [2.75, 3.05) is 13.6 Å². The zero-order valence-electron chi connectivity index (χ0n) is 12.9. The molecule has 0 atom stereocenters. The fraction of sp³-hybridized carbons (Fsp3) is 0.824. The molecule has 0 radical (unpaired) electrons. The standard InChI is InChI=1S/C17H27N3/c1-19(10-16-9-18-20(2)11-16)12-17-6-13-3-14(7-17)5-15(4-13)8-17/h9,11,13-15H,3-8,10,12H2,1-2H3. The SMILES string of the molecule is CN(Cc1cnn(C)c1)CC12CC3CC(CC(C3)C1)C2. The van der Waals surface area contributed by atoms with E-state index in [0.29, 0.717) is 5.41 Å². The number of nitrogens with zero attached hydrogens (tertiary/aromatic N) is 3. The van der Waals surface area contributed by atoms with Crippen molar-refractivity contribution in [2.45, 2.75) is 45.1 Å². The summed E-state index contributed by atoms with van der Waals surface area (Å²) in [5, 5.41) is 4.29. The Bertz CT molecular complexity index is 455. The molecule has 0 N–H and O–H groups in total. The van der Waals surface area contributed by atoms with Gasteiger partial charge in [-0.2, -0.15) is 5.10 Å². The number of aromatic nitrogens is 2. The van der Waals surface area contributed by atoms with Crippen molar-refractivity contribution in [2.24, 2.45) is 30.2 Å². The van der Waals surface area contributed by atoms with Crippen LogP contribution in [0.25, 0.3) is 0 Å². The van der Waals surface area contributed by atoms with E-state index in [2.05, 4.69) is 23.2 Å². The van der Waals surface area contributed by atoms with Crippen molar-refractivity contribution in [1.82, 2.24) is 14.7 Å². The summed E-state index contributed by atoms with van der Waals surface area (Å²) in [6.07, 6.45) is 13.3. The first kappa shape index (κ1) is 12.9. The van der Waals surface area contributed by atoms with E-state index in [1.807, 2.05) is 17.9 Å². The van der Waals surface area contributed by atoms with E-state index in [1.165, 1.54) is 31.4 Å². The molecule has 5 rings (SSSR count). The second kappa shape index (κ2) is 4.59. The predicted octanol–water partition coefficient (Wildman–Crippen LogP) is 3.07. The summed E-state index contributed by atoms with van der Waals surface area (Å²) in [7, 11) is 4.30. The molecule has 1 aromatic rings. The molecule has 4 bridgehead atoms. The first-order valence-corrected chi connectivity index (χ1v) is 8.26. The van der Waals surface area contributed by atoms with Gasteiger partial charge in [-0.15, -0.1) is 0 Å². The molecule has 4 aliphatic rings. The van der Waals surface area contributed by atoms with Gasteiger partial charge in [0.25, 0.3) is 0 Å². The molecule has 3 heteroatoms. The van der Waals surface area contributed by atoms with E-state index in [0.717, 1.165) is 24.3 Å². The van der Waals surface area contributed by atoms with Gasteiger partial charge < -0.3 is 4.90 Å². The van der Waals surface area contributed by atoms with Crippen molar-refractivity contribution >= 4 is 0 Å². The summed E-state index contributed by atoms with van der Waals surface area (Å²) in [6, 6.07) is 0. The summed E-state index contributed by atoms with van der Waals surface area (Å²) >= 11 is 0. The molecule has 0 aliphatic heterocycles. The van der Waals surface area contributed by atoms with Gasteiger partial charge in [-0.25, -0.2) is 0 Å². The summed E-state index contributed by atoms with van der Waals surface area (Å²) < 4.78 is 1.91. The highest BCUT2D eigenvalue weighted by Gasteiger charge is 2.50. The van der Waals surface area contributed by atoms with Gasteiger partial charge in [-0.05, 0) is 68.7 Å². The van der Waals surface area contributed by atoms with Crippen LogP contribution in [0.2, 0.25) is 0 Å². The Kier molecular flexibility index (Phi) is 2.95. The van der Waals surface area contributed by atoms with Crippen LogP contribution in [0.15, 0.2) is 12.4 Å². The summed E-state index contributed by atoms with van der Waals surface area (Å²) in [5.41, 5.74) is 2.01. The molecule has 0 unspecified atom stereocenters. The predicted molar refractivity (Wildman–Crippen MR) is 80.1 cm³/mol. The number of hydrogen-bond donors (Lipinski definition) is 0. The molecule has 0 spiro atoms. The van der Waals surface area contributed by atoms with Crippen LogP contribution >= 0.6 is 0 Å². The van der Waals surface area contributed by atoms with Gasteiger partial charge in [0.1, 0.15) is 0 Å². The minimum absolute atomic E-state index is 0.658. The van der Waals surface area contributed by atoms with Crippen LogP contribution in [-0.2, 0) is 13.6 Å². The van der Waals surface area contributed by atoms with Crippen molar-refractivity contribution in [3.8, 4) is 0 Å². The van der Waals surface area contributed by atoms with Crippen LogP contribution in [0.5, 0.6) is 0 Å². The van der Waals surface area contributed by atoms with Gasteiger partial charge in [0.15, 0.2) is 0 Å². The molecule has 20 heavy (non-hydrogen) atoms. The molecular weight excluding hydrogens is 246 g/mol. The van der Waals surface area contributed by atoms with E-state index >= 15 is 0 Å². The van der Waals surface area contributed by atoms with Gasteiger partial charge in [-0.3, -0.25) is 4.68 Å². The second-order valence-electron chi connectivity index (χ2n) is 8.11. The summed E-state index contributed by atoms with van der Waals surface area (Å²) in [4.78, 5) is 2.55. The Morgan fingerprint density at radius 1 is 1.20 bits per heavy atom. The third-order valence-corrected chi connectivity index (χ3v) is 5.98. The van der Waals surface area contributed by atoms with E-state index < -0.39 is 0 Å². The number of aryl methyl sites for hydroxylation is 1. The van der Waals surface area contributed by atoms with E-state index in [-0.39, 0.29) is 0 Å². The van der Waals surface area contributed by atoms with Crippen molar-refractivity contribution < 1.29 is 0 Å². The van der Waals surface area contributed by atoms with Crippen LogP contribution in [0.1, 0.15) is 44.1 Å². The average Bonchev–Trinajstić information content (AvgIpc) is 2.71. The van der Waals surface area contributed by atoms with Crippen LogP contribution in [0.4, 0.5) is 0 Å². The Hall–Kier alpha value is -0.830. The van der Waals surface area contributed by atoms with E-state index in [9.17, 15) is 0 Å². The van der Waals surface area contributed by atoms with E-state index in [1.54, 1.807) is 19.3 Å². The van der Waals surface area contributed by atoms with Crippen LogP contribution in [0.3, 0.4) is 0 Å². The highest BCUT2D eigenvalue weighted by molar-refractivity contribution is 5.05. The molecule has 1 aromatic heterocycles. The van der Waals surface area contributed by atoms with Crippen molar-refractivity contribution in [3.05, 3.63) is 18.0 Å². The van der Waals surface area contributed by atoms with E-state index in [4.69, 9.17) is 0 Å². The zero-order valence-corrected chi connectivity index (χ0v) is 12.9. The lowest BCUT2D eigenvalue weighted by Gasteiger charge is -2.57. The van der Waals surface area contributed by atoms with Crippen LogP contribution < -0.4 is 0 Å². The minimum atomic E-state index is 0.658. The second-order valence-corrected chi connectivity index (χ2v) is 8.11. The molecule has 110 valence electrons. The Balaban J connectivity index is 1.43. The number of hydrogen-bond acceptors (Lipinski definition) is 2. The Labute approximate surface area is 122 Å². The summed E-state index contributed by atoms with van der Waals surface area (Å²) in [5.74, 6) is 3.19. The Morgan fingerprint density at radius 2 is 1.80 bits per heavy atom. The lowest BCUT2D eigenvalue weighted by atomic mass is 9.49. The molecule has 4 fully saturated rings. The lowest BCUT2D eigenvalue weighted by Crippen LogP contribution is -2.50. The average molecular weight is 273 g/mol. The molecular formula is C17H27N3. The fourth-order valence-corrected chi connectivity index (χ4v) is 5.98. The highest BCUT2D eigenvalue weighted by atomic mass is 15.2. The maximum absolute atomic E-state index is 4.29. The topological polar surface area (TPSA) is 21.1 Å². The lowest BCUT2D eigenvalue weighted by molar-refractivity contribution is -0.0670. The molecule has 4 aliphatic carbocycles. The first-order chi connectivity index (χ1) is 9.60. The van der Waals surface area contributed by atoms with Crippen molar-refractivity contribution in [1.29, 1.82) is 0 Å². The monoisotopic (exact) mass is 273 g/mol. The normalized spacial score (nSPS) is 38.9. The number of rotatable bonds is 4. The molecule has 3 nitrogen and oxygen atoms in total. The molecule has 0 amide bonds. The molecule has 1 heterocycles. The maximum atomic E-state index is 4.29. The first-order valence-electron chi connectivity index (χ1n) is 8.26. The Morgan fingerprint density at radius 3 is 2.30 bits per heavy atom. The smallest absolute Gasteiger partial charge is 0.0534 e. The molecule has 0 saturated heterocycles.